The molecule has 0 bridgehead atoms. The van der Waals surface area contributed by atoms with Crippen LogP contribution < -0.4 is 5.73 Å². The minimum Gasteiger partial charge on any atom is -0.394 e. The Morgan fingerprint density at radius 1 is 1.56 bits per heavy atom. The van der Waals surface area contributed by atoms with Gasteiger partial charge < -0.3 is 10.8 Å². The van der Waals surface area contributed by atoms with Crippen molar-refractivity contribution in [2.24, 2.45) is 5.73 Å². The van der Waals surface area contributed by atoms with E-state index >= 15 is 0 Å². The third-order valence-electron chi connectivity index (χ3n) is 3.24. The number of thiophene rings is 1. The van der Waals surface area contributed by atoms with E-state index in [0.717, 1.165) is 0 Å². The van der Waals surface area contributed by atoms with Gasteiger partial charge in [0.15, 0.2) is 0 Å². The summed E-state index contributed by atoms with van der Waals surface area (Å²) >= 11 is 1.73. The number of nitrogens with zero attached hydrogens (tertiary/aromatic N) is 1. The topological polar surface area (TPSA) is 49.5 Å². The lowest BCUT2D eigenvalue weighted by atomic mass is 10.0. The van der Waals surface area contributed by atoms with Crippen LogP contribution >= 0.6 is 11.3 Å². The van der Waals surface area contributed by atoms with Crippen LogP contribution in [0.3, 0.4) is 0 Å². The highest BCUT2D eigenvalue weighted by Gasteiger charge is 2.30. The molecular formula is C12H22N2OS. The molecule has 1 rings (SSSR count). The van der Waals surface area contributed by atoms with Gasteiger partial charge in [-0.3, -0.25) is 4.90 Å². The van der Waals surface area contributed by atoms with E-state index in [0.29, 0.717) is 6.54 Å². The zero-order valence-electron chi connectivity index (χ0n) is 10.5. The molecule has 0 radical (unpaired) electrons. The van der Waals surface area contributed by atoms with Crippen molar-refractivity contribution in [2.45, 2.75) is 32.4 Å². The second kappa shape index (κ2) is 5.27. The molecule has 1 aromatic heterocycles. The quantitative estimate of drug-likeness (QED) is 0.827. The van der Waals surface area contributed by atoms with Crippen molar-refractivity contribution < 1.29 is 5.11 Å². The van der Waals surface area contributed by atoms with E-state index in [-0.39, 0.29) is 18.2 Å². The lowest BCUT2D eigenvalue weighted by Gasteiger charge is -2.39. The van der Waals surface area contributed by atoms with E-state index in [9.17, 15) is 5.11 Å². The van der Waals surface area contributed by atoms with Crippen LogP contribution in [0.4, 0.5) is 0 Å². The van der Waals surface area contributed by atoms with E-state index in [1.54, 1.807) is 11.3 Å². The SMILES string of the molecule is Cc1ccsc1C(CN)N(C)C(C)(C)CO. The van der Waals surface area contributed by atoms with Crippen LogP contribution in [0.15, 0.2) is 11.4 Å². The second-order valence-electron chi connectivity index (χ2n) is 4.80. The maximum Gasteiger partial charge on any atom is 0.0610 e. The molecule has 0 aliphatic carbocycles. The number of rotatable bonds is 5. The number of aliphatic hydroxyl groups excluding tert-OH is 1. The van der Waals surface area contributed by atoms with Gasteiger partial charge in [-0.2, -0.15) is 0 Å². The first-order chi connectivity index (χ1) is 7.44. The van der Waals surface area contributed by atoms with Gasteiger partial charge in [0.25, 0.3) is 0 Å². The van der Waals surface area contributed by atoms with Gasteiger partial charge in [-0.1, -0.05) is 0 Å². The lowest BCUT2D eigenvalue weighted by molar-refractivity contribution is 0.0479. The minimum atomic E-state index is -0.250. The van der Waals surface area contributed by atoms with Gasteiger partial charge in [0.1, 0.15) is 0 Å². The van der Waals surface area contributed by atoms with Crippen LogP contribution in [0.5, 0.6) is 0 Å². The number of hydrogen-bond donors (Lipinski definition) is 2. The first-order valence-corrected chi connectivity index (χ1v) is 6.40. The van der Waals surface area contributed by atoms with Gasteiger partial charge in [-0.05, 0) is 44.8 Å². The zero-order valence-corrected chi connectivity index (χ0v) is 11.3. The highest BCUT2D eigenvalue weighted by molar-refractivity contribution is 7.10. The van der Waals surface area contributed by atoms with E-state index < -0.39 is 0 Å². The summed E-state index contributed by atoms with van der Waals surface area (Å²) in [6.07, 6.45) is 0. The summed E-state index contributed by atoms with van der Waals surface area (Å²) in [6.45, 7) is 6.86. The number of nitrogens with two attached hydrogens (primary N) is 1. The van der Waals surface area contributed by atoms with E-state index in [1.165, 1.54) is 10.4 Å². The highest BCUT2D eigenvalue weighted by atomic mass is 32.1. The third-order valence-corrected chi connectivity index (χ3v) is 4.36. The fourth-order valence-electron chi connectivity index (χ4n) is 1.70. The monoisotopic (exact) mass is 242 g/mol. The highest BCUT2D eigenvalue weighted by Crippen LogP contribution is 2.31. The molecule has 0 amide bonds. The Hall–Kier alpha value is -0.420. The molecule has 4 heteroatoms. The third kappa shape index (κ3) is 2.63. The van der Waals surface area contributed by atoms with Crippen molar-refractivity contribution in [3.05, 3.63) is 21.9 Å². The van der Waals surface area contributed by atoms with Crippen molar-refractivity contribution in [2.75, 3.05) is 20.2 Å². The molecule has 0 saturated heterocycles. The maximum absolute atomic E-state index is 9.40. The van der Waals surface area contributed by atoms with Crippen LogP contribution in [-0.4, -0.2) is 35.7 Å². The van der Waals surface area contributed by atoms with Gasteiger partial charge >= 0.3 is 0 Å². The average molecular weight is 242 g/mol. The average Bonchev–Trinajstić information content (AvgIpc) is 2.66. The molecule has 3 nitrogen and oxygen atoms in total. The maximum atomic E-state index is 9.40. The summed E-state index contributed by atoms with van der Waals surface area (Å²) in [4.78, 5) is 3.46. The largest absolute Gasteiger partial charge is 0.394 e. The fourth-order valence-corrected chi connectivity index (χ4v) is 2.78. The summed E-state index contributed by atoms with van der Waals surface area (Å²) in [5.74, 6) is 0. The number of hydrogen-bond acceptors (Lipinski definition) is 4. The molecule has 0 fully saturated rings. The first-order valence-electron chi connectivity index (χ1n) is 5.52. The Morgan fingerprint density at radius 3 is 2.56 bits per heavy atom. The molecule has 0 spiro atoms. The summed E-state index contributed by atoms with van der Waals surface area (Å²) in [7, 11) is 2.02. The van der Waals surface area contributed by atoms with Gasteiger partial charge in [-0.25, -0.2) is 0 Å². The summed E-state index contributed by atoms with van der Waals surface area (Å²) < 4.78 is 0. The minimum absolute atomic E-state index is 0.129. The fraction of sp³-hybridized carbons (Fsp3) is 0.667. The van der Waals surface area contributed by atoms with Crippen LogP contribution in [0.1, 0.15) is 30.3 Å². The van der Waals surface area contributed by atoms with Crippen LogP contribution in [-0.2, 0) is 0 Å². The zero-order chi connectivity index (χ0) is 12.3. The molecule has 1 heterocycles. The van der Waals surface area contributed by atoms with Crippen LogP contribution in [0.25, 0.3) is 0 Å². The summed E-state index contributed by atoms with van der Waals surface area (Å²) in [5.41, 5.74) is 6.90. The molecule has 92 valence electrons. The predicted octanol–water partition coefficient (Wildman–Crippen LogP) is 1.76. The van der Waals surface area contributed by atoms with Crippen LogP contribution in [0, 0.1) is 6.92 Å². The molecule has 0 aromatic carbocycles. The molecule has 1 unspecified atom stereocenters. The number of aryl methyl sites for hydroxylation is 1. The Labute approximate surface area is 102 Å². The van der Waals surface area contributed by atoms with Crippen LogP contribution in [0.2, 0.25) is 0 Å². The van der Waals surface area contributed by atoms with Crippen molar-refractivity contribution in [1.29, 1.82) is 0 Å². The lowest BCUT2D eigenvalue weighted by Crippen LogP contribution is -2.48. The molecule has 1 aromatic rings. The number of likely N-dealkylation sites (N-methyl/N-ethyl adjacent to an activating group) is 1. The standard InChI is InChI=1S/C12H22N2OS/c1-9-5-6-16-11(9)10(7-13)14(4)12(2,3)8-15/h5-6,10,15H,7-8,13H2,1-4H3. The van der Waals surface area contributed by atoms with Gasteiger partial charge in [-0.15, -0.1) is 11.3 Å². The Balaban J connectivity index is 2.96. The van der Waals surface area contributed by atoms with Crippen molar-refractivity contribution in [3.8, 4) is 0 Å². The van der Waals surface area contributed by atoms with Gasteiger partial charge in [0.05, 0.1) is 12.6 Å². The molecule has 0 aliphatic rings. The van der Waals surface area contributed by atoms with E-state index in [2.05, 4.69) is 23.3 Å². The summed E-state index contributed by atoms with van der Waals surface area (Å²) in [5, 5.41) is 11.5. The molecule has 0 aliphatic heterocycles. The molecule has 1 atom stereocenters. The molecule has 0 saturated carbocycles. The summed E-state index contributed by atoms with van der Waals surface area (Å²) in [6, 6.07) is 2.30. The first kappa shape index (κ1) is 13.6. The Bertz CT molecular complexity index is 336. The number of aliphatic hydroxyl groups is 1. The Morgan fingerprint density at radius 2 is 2.19 bits per heavy atom. The predicted molar refractivity (Wildman–Crippen MR) is 69.8 cm³/mol. The molecule has 16 heavy (non-hydrogen) atoms. The van der Waals surface area contributed by atoms with Crippen molar-refractivity contribution >= 4 is 11.3 Å². The second-order valence-corrected chi connectivity index (χ2v) is 5.75. The van der Waals surface area contributed by atoms with Gasteiger partial charge in [0.2, 0.25) is 0 Å². The Kier molecular flexibility index (Phi) is 4.50. The van der Waals surface area contributed by atoms with Crippen molar-refractivity contribution in [1.82, 2.24) is 4.90 Å². The smallest absolute Gasteiger partial charge is 0.0610 e. The van der Waals surface area contributed by atoms with E-state index in [4.69, 9.17) is 5.73 Å². The van der Waals surface area contributed by atoms with E-state index in [1.807, 2.05) is 20.9 Å². The molecular weight excluding hydrogens is 220 g/mol. The normalized spacial score (nSPS) is 14.4. The van der Waals surface area contributed by atoms with Crippen molar-refractivity contribution in [3.63, 3.8) is 0 Å². The molecule has 3 N–H and O–H groups in total. The van der Waals surface area contributed by atoms with Gasteiger partial charge in [0, 0.05) is 17.0 Å².